The van der Waals surface area contributed by atoms with E-state index in [-0.39, 0.29) is 24.8 Å². The summed E-state index contributed by atoms with van der Waals surface area (Å²) in [5.74, 6) is 0.570. The number of oxime groups is 1. The van der Waals surface area contributed by atoms with Gasteiger partial charge in [0, 0.05) is 11.7 Å². The van der Waals surface area contributed by atoms with E-state index in [0.717, 1.165) is 12.0 Å². The average Bonchev–Trinajstić information content (AvgIpc) is 2.83. The topological polar surface area (TPSA) is 100 Å². The zero-order valence-electron chi connectivity index (χ0n) is 12.7. The lowest BCUT2D eigenvalue weighted by Crippen LogP contribution is -2.30. The molecule has 0 spiro atoms. The van der Waals surface area contributed by atoms with Crippen LogP contribution in [0.4, 0.5) is 0 Å². The van der Waals surface area contributed by atoms with Gasteiger partial charge in [-0.15, -0.1) is 0 Å². The van der Waals surface area contributed by atoms with E-state index in [4.69, 9.17) is 14.8 Å². The Morgan fingerprint density at radius 3 is 2.52 bits per heavy atom. The molecule has 21 heavy (non-hydrogen) atoms. The van der Waals surface area contributed by atoms with E-state index in [1.807, 2.05) is 0 Å². The molecule has 8 heteroatoms. The number of allylic oxidation sites excluding steroid dienone is 1. The normalized spacial score (nSPS) is 21.8. The van der Waals surface area contributed by atoms with Crippen LogP contribution in [0.25, 0.3) is 0 Å². The zero-order chi connectivity index (χ0) is 15.9. The van der Waals surface area contributed by atoms with Gasteiger partial charge in [0.2, 0.25) is 0 Å². The second-order valence-electron chi connectivity index (χ2n) is 4.55. The predicted octanol–water partition coefficient (Wildman–Crippen LogP) is 2.42. The lowest BCUT2D eigenvalue weighted by molar-refractivity contribution is -0.112. The Morgan fingerprint density at radius 2 is 2.05 bits per heavy atom. The molecule has 120 valence electrons. The first kappa shape index (κ1) is 17.9. The van der Waals surface area contributed by atoms with Crippen LogP contribution in [-0.2, 0) is 23.2 Å². The molecule has 0 heterocycles. The number of carbonyl (C=O) groups is 1. The first-order chi connectivity index (χ1) is 9.97. The fraction of sp³-hybridized carbons (Fsp3) is 0.692. The van der Waals surface area contributed by atoms with Crippen LogP contribution < -0.4 is 5.73 Å². The highest BCUT2D eigenvalue weighted by Crippen LogP contribution is 2.53. The zero-order valence-corrected chi connectivity index (χ0v) is 13.6. The van der Waals surface area contributed by atoms with Gasteiger partial charge >= 0.3 is 7.60 Å². The Kier molecular flexibility index (Phi) is 7.08. The van der Waals surface area contributed by atoms with Gasteiger partial charge in [0.1, 0.15) is 7.11 Å². The molecule has 0 bridgehead atoms. The summed E-state index contributed by atoms with van der Waals surface area (Å²) in [4.78, 5) is 16.2. The quantitative estimate of drug-likeness (QED) is 0.421. The van der Waals surface area contributed by atoms with E-state index in [2.05, 4.69) is 9.99 Å². The monoisotopic (exact) mass is 318 g/mol. The van der Waals surface area contributed by atoms with Crippen molar-refractivity contribution in [3.8, 4) is 0 Å². The van der Waals surface area contributed by atoms with E-state index in [9.17, 15) is 9.36 Å². The van der Waals surface area contributed by atoms with E-state index in [1.54, 1.807) is 13.8 Å². The van der Waals surface area contributed by atoms with E-state index in [1.165, 1.54) is 12.9 Å². The van der Waals surface area contributed by atoms with Gasteiger partial charge in [0.05, 0.1) is 13.2 Å². The summed E-state index contributed by atoms with van der Waals surface area (Å²) in [6, 6.07) is 0. The van der Waals surface area contributed by atoms with Gasteiger partial charge in [0.15, 0.2) is 5.71 Å². The Hall–Kier alpha value is -1.17. The van der Waals surface area contributed by atoms with Crippen LogP contribution in [0, 0.1) is 5.92 Å². The fourth-order valence-electron chi connectivity index (χ4n) is 2.39. The summed E-state index contributed by atoms with van der Waals surface area (Å²) in [5.41, 5.74) is 6.28. The van der Waals surface area contributed by atoms with E-state index < -0.39 is 13.5 Å². The van der Waals surface area contributed by atoms with Gasteiger partial charge in [0.25, 0.3) is 5.91 Å². The molecule has 2 N–H and O–H groups in total. The molecule has 1 atom stereocenters. The molecule has 1 unspecified atom stereocenters. The smallest absolute Gasteiger partial charge is 0.354 e. The van der Waals surface area contributed by atoms with Gasteiger partial charge in [-0.2, -0.15) is 0 Å². The minimum Gasteiger partial charge on any atom is -0.399 e. The molecule has 0 radical (unpaired) electrons. The van der Waals surface area contributed by atoms with Gasteiger partial charge in [-0.3, -0.25) is 9.36 Å². The number of hydrogen-bond donors (Lipinski definition) is 1. The molecule has 1 aliphatic carbocycles. The maximum Gasteiger partial charge on any atom is 0.354 e. The molecule has 1 saturated carbocycles. The third-order valence-electron chi connectivity index (χ3n) is 3.12. The van der Waals surface area contributed by atoms with Crippen LogP contribution in [0.1, 0.15) is 33.1 Å². The molecule has 0 aromatic rings. The van der Waals surface area contributed by atoms with Crippen molar-refractivity contribution in [3.05, 3.63) is 11.4 Å². The first-order valence-electron chi connectivity index (χ1n) is 6.98. The Labute approximate surface area is 125 Å². The standard InChI is InChI=1S/C13H23N2O5P/c1-4-19-21(17,20-5-2)9-10-7-6-8-11(10)12(13(14)16)15-18-3/h9,11H,4-8H2,1-3H3,(H2,14,16)/b10-9+,15-12+. The fourth-order valence-corrected chi connectivity index (χ4v) is 4.05. The number of nitrogens with two attached hydrogens (primary N) is 1. The summed E-state index contributed by atoms with van der Waals surface area (Å²) in [5, 5.41) is 3.71. The largest absolute Gasteiger partial charge is 0.399 e. The third kappa shape index (κ3) is 4.95. The van der Waals surface area contributed by atoms with Crippen LogP contribution in [0.15, 0.2) is 16.5 Å². The minimum absolute atomic E-state index is 0.140. The number of rotatable bonds is 8. The summed E-state index contributed by atoms with van der Waals surface area (Å²) < 4.78 is 23.1. The second-order valence-corrected chi connectivity index (χ2v) is 6.40. The summed E-state index contributed by atoms with van der Waals surface area (Å²) in [6.07, 6.45) is 2.25. The minimum atomic E-state index is -3.30. The van der Waals surface area contributed by atoms with E-state index in [0.29, 0.717) is 12.8 Å². The van der Waals surface area contributed by atoms with Crippen molar-refractivity contribution < 1.29 is 23.2 Å². The van der Waals surface area contributed by atoms with Crippen LogP contribution >= 0.6 is 7.60 Å². The number of primary amides is 1. The van der Waals surface area contributed by atoms with Crippen LogP contribution in [0.2, 0.25) is 0 Å². The Morgan fingerprint density at radius 1 is 1.43 bits per heavy atom. The second kappa shape index (κ2) is 8.32. The van der Waals surface area contributed by atoms with Crippen molar-refractivity contribution in [1.29, 1.82) is 0 Å². The van der Waals surface area contributed by atoms with Crippen LogP contribution in [0.5, 0.6) is 0 Å². The lowest BCUT2D eigenvalue weighted by Gasteiger charge is -2.17. The maximum absolute atomic E-state index is 12.6. The number of amides is 1. The highest BCUT2D eigenvalue weighted by molar-refractivity contribution is 7.57. The van der Waals surface area contributed by atoms with Crippen LogP contribution in [0.3, 0.4) is 0 Å². The van der Waals surface area contributed by atoms with Crippen LogP contribution in [-0.4, -0.2) is 31.9 Å². The summed E-state index contributed by atoms with van der Waals surface area (Å²) in [7, 11) is -1.95. The highest BCUT2D eigenvalue weighted by atomic mass is 31.2. The molecule has 1 amide bonds. The predicted molar refractivity (Wildman–Crippen MR) is 79.9 cm³/mol. The third-order valence-corrected chi connectivity index (χ3v) is 5.00. The first-order valence-corrected chi connectivity index (χ1v) is 8.59. The molecule has 1 aliphatic rings. The molecular weight excluding hydrogens is 295 g/mol. The molecule has 0 aromatic carbocycles. The van der Waals surface area contributed by atoms with Gasteiger partial charge < -0.3 is 19.6 Å². The van der Waals surface area contributed by atoms with E-state index >= 15 is 0 Å². The van der Waals surface area contributed by atoms with Crippen molar-refractivity contribution in [3.63, 3.8) is 0 Å². The molecule has 0 aliphatic heterocycles. The van der Waals surface area contributed by atoms with Gasteiger partial charge in [-0.25, -0.2) is 0 Å². The van der Waals surface area contributed by atoms with Crippen molar-refractivity contribution in [2.75, 3.05) is 20.3 Å². The van der Waals surface area contributed by atoms with Crippen molar-refractivity contribution >= 4 is 19.2 Å². The number of hydrogen-bond acceptors (Lipinski definition) is 6. The lowest BCUT2D eigenvalue weighted by atomic mass is 9.98. The highest BCUT2D eigenvalue weighted by Gasteiger charge is 2.33. The number of nitrogens with zero attached hydrogens (tertiary/aromatic N) is 1. The average molecular weight is 318 g/mol. The number of carbonyl (C=O) groups excluding carboxylic acids is 1. The molecule has 1 rings (SSSR count). The molecule has 1 fully saturated rings. The Bertz CT molecular complexity index is 465. The van der Waals surface area contributed by atoms with Gasteiger partial charge in [-0.1, -0.05) is 10.7 Å². The molecular formula is C13H23N2O5P. The molecule has 0 saturated heterocycles. The van der Waals surface area contributed by atoms with Crippen molar-refractivity contribution in [2.24, 2.45) is 16.8 Å². The maximum atomic E-state index is 12.6. The van der Waals surface area contributed by atoms with Crippen molar-refractivity contribution in [1.82, 2.24) is 0 Å². The summed E-state index contributed by atoms with van der Waals surface area (Å²) in [6.45, 7) is 4.05. The van der Waals surface area contributed by atoms with Crippen molar-refractivity contribution in [2.45, 2.75) is 33.1 Å². The summed E-state index contributed by atoms with van der Waals surface area (Å²) >= 11 is 0. The SMILES string of the molecule is CCOP(=O)(/C=C1\CCCC1/C(=N\OC)C(N)=O)OCC. The molecule has 0 aromatic heterocycles. The molecule has 7 nitrogen and oxygen atoms in total. The van der Waals surface area contributed by atoms with Gasteiger partial charge in [-0.05, 0) is 33.1 Å². The Balaban J connectivity index is 3.09.